The fourth-order valence-corrected chi connectivity index (χ4v) is 1.49. The fourth-order valence-electron chi connectivity index (χ4n) is 1.49. The van der Waals surface area contributed by atoms with Crippen molar-refractivity contribution in [1.82, 2.24) is 4.98 Å². The number of aromatic carboxylic acids is 1. The molecule has 94 valence electrons. The van der Waals surface area contributed by atoms with Crippen molar-refractivity contribution in [3.05, 3.63) is 17.8 Å². The summed E-state index contributed by atoms with van der Waals surface area (Å²) in [5.74, 6) is -0.610. The largest absolute Gasteiger partial charge is 0.478 e. The minimum Gasteiger partial charge on any atom is -0.478 e. The van der Waals surface area contributed by atoms with E-state index in [4.69, 9.17) is 15.6 Å². The Morgan fingerprint density at radius 3 is 2.94 bits per heavy atom. The van der Waals surface area contributed by atoms with Crippen LogP contribution in [-0.4, -0.2) is 43.4 Å². The molecule has 1 heterocycles. The number of aromatic nitrogens is 1. The molecule has 0 saturated heterocycles. The molecule has 0 bridgehead atoms. The zero-order chi connectivity index (χ0) is 12.8. The molecule has 0 aliphatic heterocycles. The van der Waals surface area contributed by atoms with Crippen molar-refractivity contribution in [3.8, 4) is 0 Å². The molecule has 1 aromatic rings. The molecule has 6 heteroatoms. The van der Waals surface area contributed by atoms with Crippen molar-refractivity contribution in [2.45, 2.75) is 6.42 Å². The predicted molar refractivity (Wildman–Crippen MR) is 65.4 cm³/mol. The van der Waals surface area contributed by atoms with Crippen LogP contribution >= 0.6 is 0 Å². The lowest BCUT2D eigenvalue weighted by Gasteiger charge is -2.19. The Labute approximate surface area is 100 Å². The van der Waals surface area contributed by atoms with Gasteiger partial charge in [-0.3, -0.25) is 0 Å². The van der Waals surface area contributed by atoms with E-state index in [1.165, 1.54) is 12.3 Å². The molecule has 0 aliphatic rings. The van der Waals surface area contributed by atoms with E-state index < -0.39 is 5.97 Å². The quantitative estimate of drug-likeness (QED) is 0.715. The van der Waals surface area contributed by atoms with Gasteiger partial charge < -0.3 is 20.5 Å². The van der Waals surface area contributed by atoms with Gasteiger partial charge in [-0.1, -0.05) is 0 Å². The van der Waals surface area contributed by atoms with E-state index in [0.717, 1.165) is 6.42 Å². The number of rotatable bonds is 6. The van der Waals surface area contributed by atoms with E-state index in [1.807, 2.05) is 0 Å². The monoisotopic (exact) mass is 239 g/mol. The van der Waals surface area contributed by atoms with Crippen molar-refractivity contribution in [2.24, 2.45) is 0 Å². The average molecular weight is 239 g/mol. The maximum absolute atomic E-state index is 11.1. The van der Waals surface area contributed by atoms with E-state index in [0.29, 0.717) is 24.7 Å². The highest BCUT2D eigenvalue weighted by atomic mass is 16.5. The summed E-state index contributed by atoms with van der Waals surface area (Å²) in [7, 11) is 3.42. The number of methoxy groups -OCH3 is 1. The average Bonchev–Trinajstić information content (AvgIpc) is 2.29. The number of hydrogen-bond donors (Lipinski definition) is 2. The number of anilines is 2. The molecule has 0 spiro atoms. The Balaban J connectivity index is 2.84. The molecule has 1 rings (SSSR count). The summed E-state index contributed by atoms with van der Waals surface area (Å²) in [5, 5.41) is 9.06. The van der Waals surface area contributed by atoms with Gasteiger partial charge in [-0.15, -0.1) is 0 Å². The van der Waals surface area contributed by atoms with Crippen LogP contribution in [-0.2, 0) is 4.74 Å². The van der Waals surface area contributed by atoms with Gasteiger partial charge in [-0.25, -0.2) is 9.78 Å². The number of nitrogens with zero attached hydrogens (tertiary/aromatic N) is 2. The number of carboxylic acid groups (broad SMARTS) is 1. The lowest BCUT2D eigenvalue weighted by molar-refractivity contribution is 0.0697. The van der Waals surface area contributed by atoms with Crippen LogP contribution in [0.15, 0.2) is 12.3 Å². The Bertz CT molecular complexity index is 396. The second kappa shape index (κ2) is 6.05. The Kier molecular flexibility index (Phi) is 4.71. The fraction of sp³-hybridized carbons (Fsp3) is 0.455. The maximum Gasteiger partial charge on any atom is 0.339 e. The second-order valence-electron chi connectivity index (χ2n) is 3.71. The number of nitrogen functional groups attached to an aromatic ring is 1. The molecule has 3 N–H and O–H groups in total. The first kappa shape index (κ1) is 13.2. The van der Waals surface area contributed by atoms with Crippen molar-refractivity contribution < 1.29 is 14.6 Å². The normalized spacial score (nSPS) is 10.2. The highest BCUT2D eigenvalue weighted by molar-refractivity contribution is 5.94. The molecule has 0 radical (unpaired) electrons. The van der Waals surface area contributed by atoms with Crippen LogP contribution in [0.3, 0.4) is 0 Å². The summed E-state index contributed by atoms with van der Waals surface area (Å²) in [5.41, 5.74) is 5.98. The van der Waals surface area contributed by atoms with Gasteiger partial charge >= 0.3 is 5.97 Å². The first-order valence-electron chi connectivity index (χ1n) is 5.25. The SMILES string of the molecule is COCCCN(C)c1ncc(N)cc1C(=O)O. The van der Waals surface area contributed by atoms with Crippen LogP contribution in [0, 0.1) is 0 Å². The number of hydrogen-bond acceptors (Lipinski definition) is 5. The number of ether oxygens (including phenoxy) is 1. The standard InChI is InChI=1S/C11H17N3O3/c1-14(4-3-5-17-2)10-9(11(15)16)6-8(12)7-13-10/h6-7H,3-5,12H2,1-2H3,(H,15,16). The Hall–Kier alpha value is -1.82. The van der Waals surface area contributed by atoms with E-state index in [-0.39, 0.29) is 5.56 Å². The van der Waals surface area contributed by atoms with Gasteiger partial charge in [0.25, 0.3) is 0 Å². The van der Waals surface area contributed by atoms with E-state index >= 15 is 0 Å². The Morgan fingerprint density at radius 2 is 2.35 bits per heavy atom. The minimum atomic E-state index is -1.03. The molecule has 0 aromatic carbocycles. The van der Waals surface area contributed by atoms with Crippen LogP contribution in [0.25, 0.3) is 0 Å². The molecular weight excluding hydrogens is 222 g/mol. The summed E-state index contributed by atoms with van der Waals surface area (Å²) in [4.78, 5) is 16.9. The van der Waals surface area contributed by atoms with Gasteiger partial charge in [0.1, 0.15) is 11.4 Å². The first-order chi connectivity index (χ1) is 8.06. The zero-order valence-corrected chi connectivity index (χ0v) is 10.0. The smallest absolute Gasteiger partial charge is 0.339 e. The maximum atomic E-state index is 11.1. The van der Waals surface area contributed by atoms with Gasteiger partial charge in [-0.05, 0) is 12.5 Å². The minimum absolute atomic E-state index is 0.116. The van der Waals surface area contributed by atoms with Gasteiger partial charge in [0.15, 0.2) is 0 Å². The van der Waals surface area contributed by atoms with Gasteiger partial charge in [0, 0.05) is 27.3 Å². The molecule has 1 aromatic heterocycles. The molecule has 17 heavy (non-hydrogen) atoms. The topological polar surface area (TPSA) is 88.7 Å². The van der Waals surface area contributed by atoms with Crippen LogP contribution in [0.2, 0.25) is 0 Å². The lowest BCUT2D eigenvalue weighted by Crippen LogP contribution is -2.23. The zero-order valence-electron chi connectivity index (χ0n) is 10.0. The molecule has 0 fully saturated rings. The first-order valence-corrected chi connectivity index (χ1v) is 5.25. The Morgan fingerprint density at radius 1 is 1.65 bits per heavy atom. The number of carbonyl (C=O) groups is 1. The second-order valence-corrected chi connectivity index (χ2v) is 3.71. The van der Waals surface area contributed by atoms with Crippen molar-refractivity contribution >= 4 is 17.5 Å². The third-order valence-electron chi connectivity index (χ3n) is 2.32. The molecule has 0 atom stereocenters. The van der Waals surface area contributed by atoms with Crippen LogP contribution < -0.4 is 10.6 Å². The molecule has 6 nitrogen and oxygen atoms in total. The molecular formula is C11H17N3O3. The van der Waals surface area contributed by atoms with Crippen molar-refractivity contribution in [1.29, 1.82) is 0 Å². The van der Waals surface area contributed by atoms with Gasteiger partial charge in [0.05, 0.1) is 11.9 Å². The third-order valence-corrected chi connectivity index (χ3v) is 2.32. The summed E-state index contributed by atoms with van der Waals surface area (Å²) in [6.07, 6.45) is 2.26. The van der Waals surface area contributed by atoms with Crippen LogP contribution in [0.4, 0.5) is 11.5 Å². The number of pyridine rings is 1. The van der Waals surface area contributed by atoms with E-state index in [1.54, 1.807) is 19.1 Å². The van der Waals surface area contributed by atoms with E-state index in [9.17, 15) is 4.79 Å². The number of carboxylic acids is 1. The van der Waals surface area contributed by atoms with E-state index in [2.05, 4.69) is 4.98 Å². The molecule has 0 aliphatic carbocycles. The highest BCUT2D eigenvalue weighted by Gasteiger charge is 2.15. The molecule has 0 amide bonds. The van der Waals surface area contributed by atoms with Crippen LogP contribution in [0.1, 0.15) is 16.8 Å². The summed E-state index contributed by atoms with van der Waals surface area (Å²) in [6.45, 7) is 1.30. The van der Waals surface area contributed by atoms with Crippen molar-refractivity contribution in [2.75, 3.05) is 37.9 Å². The van der Waals surface area contributed by atoms with Gasteiger partial charge in [-0.2, -0.15) is 0 Å². The third kappa shape index (κ3) is 3.60. The predicted octanol–water partition coefficient (Wildman–Crippen LogP) is 0.835. The van der Waals surface area contributed by atoms with Gasteiger partial charge in [0.2, 0.25) is 0 Å². The summed E-state index contributed by atoms with van der Waals surface area (Å²) >= 11 is 0. The summed E-state index contributed by atoms with van der Waals surface area (Å²) in [6, 6.07) is 1.41. The van der Waals surface area contributed by atoms with Crippen molar-refractivity contribution in [3.63, 3.8) is 0 Å². The van der Waals surface area contributed by atoms with Crippen LogP contribution in [0.5, 0.6) is 0 Å². The highest BCUT2D eigenvalue weighted by Crippen LogP contribution is 2.19. The molecule has 0 saturated carbocycles. The summed E-state index contributed by atoms with van der Waals surface area (Å²) < 4.78 is 4.94. The molecule has 0 unspecified atom stereocenters. The lowest BCUT2D eigenvalue weighted by atomic mass is 10.2. The number of nitrogens with two attached hydrogens (primary N) is 1.